The zero-order valence-corrected chi connectivity index (χ0v) is 14.2. The van der Waals surface area contributed by atoms with Gasteiger partial charge in [0.1, 0.15) is 18.2 Å². The molecule has 2 aromatic rings. The Bertz CT molecular complexity index is 729. The average molecular weight is 352 g/mol. The highest BCUT2D eigenvalue weighted by Crippen LogP contribution is 2.20. The van der Waals surface area contributed by atoms with E-state index in [1.165, 1.54) is 24.3 Å². The number of benzene rings is 2. The van der Waals surface area contributed by atoms with Crippen molar-refractivity contribution >= 4 is 9.84 Å². The molecule has 130 valence electrons. The largest absolute Gasteiger partial charge is 0.491 e. The van der Waals surface area contributed by atoms with E-state index in [9.17, 15) is 17.9 Å². The van der Waals surface area contributed by atoms with Crippen LogP contribution in [0.15, 0.2) is 59.5 Å². The molecule has 0 saturated carbocycles. The quantitative estimate of drug-likeness (QED) is 0.792. The van der Waals surface area contributed by atoms with Gasteiger partial charge in [-0.3, -0.25) is 0 Å². The number of aliphatic hydroxyl groups is 1. The van der Waals surface area contributed by atoms with Crippen LogP contribution >= 0.6 is 0 Å². The van der Waals surface area contributed by atoms with E-state index in [1.54, 1.807) is 37.3 Å². The average Bonchev–Trinajstić information content (AvgIpc) is 2.59. The topological polar surface area (TPSA) is 63.6 Å². The molecule has 0 amide bonds. The van der Waals surface area contributed by atoms with Crippen LogP contribution in [0.2, 0.25) is 0 Å². The first-order chi connectivity index (χ1) is 11.4. The highest BCUT2D eigenvalue weighted by atomic mass is 32.2. The lowest BCUT2D eigenvalue weighted by molar-refractivity contribution is 0.0981. The first-order valence-corrected chi connectivity index (χ1v) is 9.29. The molecule has 0 aromatic heterocycles. The van der Waals surface area contributed by atoms with Crippen molar-refractivity contribution in [2.24, 2.45) is 0 Å². The maximum absolute atomic E-state index is 12.8. The predicted octanol–water partition coefficient (Wildman–Crippen LogP) is 3.21. The van der Waals surface area contributed by atoms with Crippen molar-refractivity contribution in [3.63, 3.8) is 0 Å². The minimum absolute atomic E-state index is 0.0315. The SMILES string of the molecule is CC(CC[C@H](O)COc1ccc(F)cc1)S(=O)(=O)c1ccccc1. The monoisotopic (exact) mass is 352 g/mol. The van der Waals surface area contributed by atoms with Crippen LogP contribution in [0, 0.1) is 5.82 Å². The van der Waals surface area contributed by atoms with E-state index >= 15 is 0 Å². The normalized spacial score (nSPS) is 14.1. The fourth-order valence-corrected chi connectivity index (χ4v) is 3.68. The summed E-state index contributed by atoms with van der Waals surface area (Å²) in [4.78, 5) is 0.287. The summed E-state index contributed by atoms with van der Waals surface area (Å²) in [6.07, 6.45) is -0.164. The molecule has 0 aliphatic carbocycles. The van der Waals surface area contributed by atoms with Gasteiger partial charge in [-0.15, -0.1) is 0 Å². The number of hydrogen-bond donors (Lipinski definition) is 1. The number of ether oxygens (including phenoxy) is 1. The molecule has 1 unspecified atom stereocenters. The Kier molecular flexibility index (Phi) is 6.34. The standard InChI is InChI=1S/C18H21FO4S/c1-14(24(21,22)18-5-3-2-4-6-18)7-10-16(20)13-23-17-11-8-15(19)9-12-17/h2-6,8-9,11-12,14,16,20H,7,10,13H2,1H3/t14?,16-/m0/s1. The van der Waals surface area contributed by atoms with Gasteiger partial charge in [-0.1, -0.05) is 18.2 Å². The first-order valence-electron chi connectivity index (χ1n) is 7.75. The smallest absolute Gasteiger partial charge is 0.180 e. The molecule has 0 spiro atoms. The van der Waals surface area contributed by atoms with E-state index in [0.717, 1.165) is 0 Å². The van der Waals surface area contributed by atoms with Crippen molar-refractivity contribution in [1.82, 2.24) is 0 Å². The van der Waals surface area contributed by atoms with Gasteiger partial charge in [0, 0.05) is 0 Å². The summed E-state index contributed by atoms with van der Waals surface area (Å²) in [6.45, 7) is 1.67. The van der Waals surface area contributed by atoms with E-state index in [2.05, 4.69) is 0 Å². The summed E-state index contributed by atoms with van der Waals surface area (Å²) in [6, 6.07) is 13.8. The van der Waals surface area contributed by atoms with Crippen LogP contribution in [0.4, 0.5) is 4.39 Å². The Morgan fingerprint density at radius 3 is 2.29 bits per heavy atom. The Labute approximate surface area is 141 Å². The van der Waals surface area contributed by atoms with Gasteiger partial charge in [0.15, 0.2) is 9.84 Å². The van der Waals surface area contributed by atoms with Gasteiger partial charge in [-0.05, 0) is 56.2 Å². The minimum Gasteiger partial charge on any atom is -0.491 e. The van der Waals surface area contributed by atoms with Crippen molar-refractivity contribution in [1.29, 1.82) is 0 Å². The second-order valence-corrected chi connectivity index (χ2v) is 8.03. The summed E-state index contributed by atoms with van der Waals surface area (Å²) in [5, 5.41) is 9.36. The lowest BCUT2D eigenvalue weighted by Gasteiger charge is -2.16. The summed E-state index contributed by atoms with van der Waals surface area (Å²) in [5.74, 6) is 0.100. The highest BCUT2D eigenvalue weighted by Gasteiger charge is 2.23. The van der Waals surface area contributed by atoms with Crippen molar-refractivity contribution in [2.75, 3.05) is 6.61 Å². The van der Waals surface area contributed by atoms with E-state index in [1.807, 2.05) is 0 Å². The number of rotatable bonds is 8. The molecular weight excluding hydrogens is 331 g/mol. The van der Waals surface area contributed by atoms with E-state index < -0.39 is 21.2 Å². The van der Waals surface area contributed by atoms with Gasteiger partial charge in [-0.25, -0.2) is 12.8 Å². The molecule has 24 heavy (non-hydrogen) atoms. The molecule has 6 heteroatoms. The molecule has 0 radical (unpaired) electrons. The lowest BCUT2D eigenvalue weighted by atomic mass is 10.2. The maximum Gasteiger partial charge on any atom is 0.180 e. The van der Waals surface area contributed by atoms with E-state index in [-0.39, 0.29) is 17.3 Å². The molecule has 0 fully saturated rings. The van der Waals surface area contributed by atoms with Crippen LogP contribution in [0.3, 0.4) is 0 Å². The van der Waals surface area contributed by atoms with E-state index in [0.29, 0.717) is 18.6 Å². The minimum atomic E-state index is -3.40. The molecular formula is C18H21FO4S. The molecule has 1 N–H and O–H groups in total. The van der Waals surface area contributed by atoms with Gasteiger partial charge < -0.3 is 9.84 Å². The number of sulfone groups is 1. The Morgan fingerprint density at radius 1 is 1.04 bits per heavy atom. The number of hydrogen-bond acceptors (Lipinski definition) is 4. The van der Waals surface area contributed by atoms with Gasteiger partial charge in [0.2, 0.25) is 0 Å². The predicted molar refractivity (Wildman–Crippen MR) is 90.2 cm³/mol. The maximum atomic E-state index is 12.8. The summed E-state index contributed by atoms with van der Waals surface area (Å²) < 4.78 is 43.0. The van der Waals surface area contributed by atoms with Crippen molar-refractivity contribution < 1.29 is 22.7 Å². The third-order valence-corrected chi connectivity index (χ3v) is 5.99. The molecule has 4 nitrogen and oxygen atoms in total. The molecule has 2 atom stereocenters. The molecule has 0 saturated heterocycles. The lowest BCUT2D eigenvalue weighted by Crippen LogP contribution is -2.23. The summed E-state index contributed by atoms with van der Waals surface area (Å²) in [7, 11) is -3.40. The van der Waals surface area contributed by atoms with Crippen molar-refractivity contribution in [3.8, 4) is 5.75 Å². The zero-order valence-electron chi connectivity index (χ0n) is 13.4. The van der Waals surface area contributed by atoms with Gasteiger partial charge in [-0.2, -0.15) is 0 Å². The van der Waals surface area contributed by atoms with Crippen LogP contribution in [0.25, 0.3) is 0 Å². The van der Waals surface area contributed by atoms with Crippen molar-refractivity contribution in [3.05, 3.63) is 60.4 Å². The highest BCUT2D eigenvalue weighted by molar-refractivity contribution is 7.92. The number of halogens is 1. The second kappa shape index (κ2) is 8.26. The summed E-state index contributed by atoms with van der Waals surface area (Å²) >= 11 is 0. The second-order valence-electron chi connectivity index (χ2n) is 5.66. The van der Waals surface area contributed by atoms with Crippen LogP contribution in [0.1, 0.15) is 19.8 Å². The fraction of sp³-hybridized carbons (Fsp3) is 0.333. The van der Waals surface area contributed by atoms with Gasteiger partial charge in [0.05, 0.1) is 16.2 Å². The molecule has 0 heterocycles. The van der Waals surface area contributed by atoms with Crippen LogP contribution in [-0.4, -0.2) is 31.5 Å². The van der Waals surface area contributed by atoms with E-state index in [4.69, 9.17) is 4.74 Å². The Balaban J connectivity index is 1.82. The first kappa shape index (κ1) is 18.4. The molecule has 2 aromatic carbocycles. The molecule has 0 bridgehead atoms. The van der Waals surface area contributed by atoms with Crippen molar-refractivity contribution in [2.45, 2.75) is 36.0 Å². The van der Waals surface area contributed by atoms with Crippen LogP contribution in [0.5, 0.6) is 5.75 Å². The van der Waals surface area contributed by atoms with Crippen LogP contribution < -0.4 is 4.74 Å². The molecule has 0 aliphatic rings. The summed E-state index contributed by atoms with van der Waals surface area (Å²) in [5.41, 5.74) is 0. The Hall–Kier alpha value is -1.92. The fourth-order valence-electron chi connectivity index (χ4n) is 2.23. The zero-order chi connectivity index (χ0) is 17.6. The molecule has 2 rings (SSSR count). The third kappa shape index (κ3) is 5.04. The van der Waals surface area contributed by atoms with Gasteiger partial charge >= 0.3 is 0 Å². The molecule has 0 aliphatic heterocycles. The third-order valence-electron chi connectivity index (χ3n) is 3.76. The number of aliphatic hydroxyl groups excluding tert-OH is 1. The Morgan fingerprint density at radius 2 is 1.67 bits per heavy atom. The van der Waals surface area contributed by atoms with Gasteiger partial charge in [0.25, 0.3) is 0 Å². The van der Waals surface area contributed by atoms with Crippen LogP contribution in [-0.2, 0) is 9.84 Å².